The van der Waals surface area contributed by atoms with Gasteiger partial charge in [-0.05, 0) is 25.1 Å². The third-order valence-corrected chi connectivity index (χ3v) is 4.95. The molecule has 0 spiro atoms. The molecule has 2 aromatic rings. The number of thiophene rings is 1. The van der Waals surface area contributed by atoms with E-state index in [4.69, 9.17) is 0 Å². The molecule has 0 atom stereocenters. The molecule has 0 saturated carbocycles. The molecule has 22 heavy (non-hydrogen) atoms. The van der Waals surface area contributed by atoms with Gasteiger partial charge in [-0.15, -0.1) is 11.3 Å². The largest absolute Gasteiger partial charge is 0.335 e. The first kappa shape index (κ1) is 15.2. The van der Waals surface area contributed by atoms with Gasteiger partial charge >= 0.3 is 0 Å². The van der Waals surface area contributed by atoms with Gasteiger partial charge in [0.1, 0.15) is 5.82 Å². The highest BCUT2D eigenvalue weighted by Crippen LogP contribution is 2.19. The van der Waals surface area contributed by atoms with Gasteiger partial charge in [-0.1, -0.05) is 18.2 Å². The lowest BCUT2D eigenvalue weighted by Gasteiger charge is -2.34. The second-order valence-corrected chi connectivity index (χ2v) is 6.86. The minimum absolute atomic E-state index is 0.114. The SMILES string of the molecule is Cc1ccc(C(=O)N2CCN(Cc3ccccc3F)CC2)s1. The lowest BCUT2D eigenvalue weighted by molar-refractivity contribution is 0.0632. The first-order chi connectivity index (χ1) is 10.6. The smallest absolute Gasteiger partial charge is 0.264 e. The number of carbonyl (C=O) groups is 1. The Balaban J connectivity index is 1.56. The van der Waals surface area contributed by atoms with Crippen LogP contribution in [-0.4, -0.2) is 41.9 Å². The maximum absolute atomic E-state index is 13.7. The fraction of sp³-hybridized carbons (Fsp3) is 0.353. The van der Waals surface area contributed by atoms with E-state index >= 15 is 0 Å². The van der Waals surface area contributed by atoms with Crippen LogP contribution in [0, 0.1) is 12.7 Å². The van der Waals surface area contributed by atoms with E-state index in [1.807, 2.05) is 36.1 Å². The Hall–Kier alpha value is -1.72. The Bertz CT molecular complexity index is 662. The molecule has 0 aliphatic carbocycles. The molecule has 1 aliphatic rings. The summed E-state index contributed by atoms with van der Waals surface area (Å²) in [5.41, 5.74) is 0.719. The summed E-state index contributed by atoms with van der Waals surface area (Å²) < 4.78 is 13.7. The number of carbonyl (C=O) groups excluding carboxylic acids is 1. The van der Waals surface area contributed by atoms with Crippen LogP contribution in [0.4, 0.5) is 4.39 Å². The number of nitrogens with zero attached hydrogens (tertiary/aromatic N) is 2. The number of hydrogen-bond acceptors (Lipinski definition) is 3. The highest BCUT2D eigenvalue weighted by molar-refractivity contribution is 7.13. The molecular weight excluding hydrogens is 299 g/mol. The van der Waals surface area contributed by atoms with Gasteiger partial charge in [0.2, 0.25) is 0 Å². The van der Waals surface area contributed by atoms with Crippen LogP contribution in [0.1, 0.15) is 20.1 Å². The van der Waals surface area contributed by atoms with Crippen molar-refractivity contribution in [3.8, 4) is 0 Å². The summed E-state index contributed by atoms with van der Waals surface area (Å²) >= 11 is 1.54. The normalized spacial score (nSPS) is 16.0. The van der Waals surface area contributed by atoms with Crippen molar-refractivity contribution < 1.29 is 9.18 Å². The van der Waals surface area contributed by atoms with Gasteiger partial charge in [-0.3, -0.25) is 9.69 Å². The van der Waals surface area contributed by atoms with Crippen LogP contribution >= 0.6 is 11.3 Å². The number of rotatable bonds is 3. The first-order valence-corrected chi connectivity index (χ1v) is 8.26. The molecule has 0 N–H and O–H groups in total. The van der Waals surface area contributed by atoms with E-state index in [9.17, 15) is 9.18 Å². The first-order valence-electron chi connectivity index (χ1n) is 7.45. The van der Waals surface area contributed by atoms with E-state index in [0.29, 0.717) is 19.6 Å². The topological polar surface area (TPSA) is 23.6 Å². The number of aryl methyl sites for hydroxylation is 1. The molecule has 1 amide bonds. The Morgan fingerprint density at radius 2 is 1.86 bits per heavy atom. The zero-order valence-electron chi connectivity index (χ0n) is 12.6. The molecule has 3 rings (SSSR count). The van der Waals surface area contributed by atoms with Gasteiger partial charge in [-0.2, -0.15) is 0 Å². The molecule has 0 unspecified atom stereocenters. The summed E-state index contributed by atoms with van der Waals surface area (Å²) in [7, 11) is 0. The molecule has 116 valence electrons. The molecule has 1 aliphatic heterocycles. The third kappa shape index (κ3) is 3.36. The summed E-state index contributed by atoms with van der Waals surface area (Å²) in [6.45, 7) is 5.57. The van der Waals surface area contributed by atoms with Crippen molar-refractivity contribution in [2.75, 3.05) is 26.2 Å². The van der Waals surface area contributed by atoms with E-state index in [1.54, 1.807) is 17.4 Å². The Morgan fingerprint density at radius 1 is 1.14 bits per heavy atom. The maximum atomic E-state index is 13.7. The minimum Gasteiger partial charge on any atom is -0.335 e. The lowest BCUT2D eigenvalue weighted by Crippen LogP contribution is -2.48. The molecule has 1 aromatic heterocycles. The van der Waals surface area contributed by atoms with E-state index in [1.165, 1.54) is 6.07 Å². The number of amides is 1. The Labute approximate surface area is 134 Å². The zero-order valence-corrected chi connectivity index (χ0v) is 13.4. The highest BCUT2D eigenvalue weighted by atomic mass is 32.1. The quantitative estimate of drug-likeness (QED) is 0.868. The van der Waals surface area contributed by atoms with Gasteiger partial charge in [0, 0.05) is 43.2 Å². The molecule has 1 fully saturated rings. The van der Waals surface area contributed by atoms with E-state index in [-0.39, 0.29) is 11.7 Å². The van der Waals surface area contributed by atoms with Gasteiger partial charge < -0.3 is 4.90 Å². The van der Waals surface area contributed by atoms with Crippen LogP contribution < -0.4 is 0 Å². The predicted octanol–water partition coefficient (Wildman–Crippen LogP) is 3.15. The van der Waals surface area contributed by atoms with E-state index < -0.39 is 0 Å². The Morgan fingerprint density at radius 3 is 2.50 bits per heavy atom. The van der Waals surface area contributed by atoms with Crippen molar-refractivity contribution in [2.45, 2.75) is 13.5 Å². The summed E-state index contributed by atoms with van der Waals surface area (Å²) in [5.74, 6) is -0.0429. The van der Waals surface area contributed by atoms with Crippen LogP contribution in [0.25, 0.3) is 0 Å². The van der Waals surface area contributed by atoms with E-state index in [0.717, 1.165) is 28.4 Å². The average molecular weight is 318 g/mol. The molecule has 0 bridgehead atoms. The summed E-state index contributed by atoms with van der Waals surface area (Å²) in [4.78, 5) is 18.4. The molecule has 3 nitrogen and oxygen atoms in total. The average Bonchev–Trinajstić information content (AvgIpc) is 2.96. The second kappa shape index (κ2) is 6.58. The van der Waals surface area contributed by atoms with Gasteiger partial charge in [0.15, 0.2) is 0 Å². The van der Waals surface area contributed by atoms with Crippen molar-refractivity contribution in [2.24, 2.45) is 0 Å². The van der Waals surface area contributed by atoms with E-state index in [2.05, 4.69) is 4.90 Å². The maximum Gasteiger partial charge on any atom is 0.264 e. The number of hydrogen-bond donors (Lipinski definition) is 0. The summed E-state index contributed by atoms with van der Waals surface area (Å²) in [5, 5.41) is 0. The predicted molar refractivity (Wildman–Crippen MR) is 86.6 cm³/mol. The van der Waals surface area contributed by atoms with Crippen molar-refractivity contribution >= 4 is 17.2 Å². The van der Waals surface area contributed by atoms with Crippen molar-refractivity contribution in [3.63, 3.8) is 0 Å². The second-order valence-electron chi connectivity index (χ2n) is 5.57. The van der Waals surface area contributed by atoms with Crippen LogP contribution in [0.5, 0.6) is 0 Å². The third-order valence-electron chi connectivity index (χ3n) is 3.96. The number of halogens is 1. The molecular formula is C17H19FN2OS. The molecule has 5 heteroatoms. The number of piperazine rings is 1. The number of benzene rings is 1. The van der Waals surface area contributed by atoms with Crippen molar-refractivity contribution in [1.29, 1.82) is 0 Å². The van der Waals surface area contributed by atoms with Gasteiger partial charge in [0.05, 0.1) is 4.88 Å². The molecule has 0 radical (unpaired) electrons. The fourth-order valence-electron chi connectivity index (χ4n) is 2.68. The van der Waals surface area contributed by atoms with Crippen LogP contribution in [-0.2, 0) is 6.54 Å². The van der Waals surface area contributed by atoms with Gasteiger partial charge in [-0.25, -0.2) is 4.39 Å². The van der Waals surface area contributed by atoms with Crippen LogP contribution in [0.3, 0.4) is 0 Å². The molecule has 2 heterocycles. The minimum atomic E-state index is -0.157. The van der Waals surface area contributed by atoms with Crippen molar-refractivity contribution in [3.05, 3.63) is 57.5 Å². The lowest BCUT2D eigenvalue weighted by atomic mass is 10.2. The summed E-state index contributed by atoms with van der Waals surface area (Å²) in [6.07, 6.45) is 0. The monoisotopic (exact) mass is 318 g/mol. The fourth-order valence-corrected chi connectivity index (χ4v) is 3.52. The molecule has 1 aromatic carbocycles. The standard InChI is InChI=1S/C17H19FN2OS/c1-13-6-7-16(22-13)17(21)20-10-8-19(9-11-20)12-14-4-2-3-5-15(14)18/h2-7H,8-12H2,1H3. The molecule has 1 saturated heterocycles. The Kier molecular flexibility index (Phi) is 4.55. The van der Waals surface area contributed by atoms with Crippen LogP contribution in [0.2, 0.25) is 0 Å². The van der Waals surface area contributed by atoms with Gasteiger partial charge in [0.25, 0.3) is 5.91 Å². The van der Waals surface area contributed by atoms with Crippen LogP contribution in [0.15, 0.2) is 36.4 Å². The summed E-state index contributed by atoms with van der Waals surface area (Å²) in [6, 6.07) is 10.8. The van der Waals surface area contributed by atoms with Crippen molar-refractivity contribution in [1.82, 2.24) is 9.80 Å². The zero-order chi connectivity index (χ0) is 15.5. The highest BCUT2D eigenvalue weighted by Gasteiger charge is 2.23.